The minimum atomic E-state index is -0.988. The van der Waals surface area contributed by atoms with Crippen molar-refractivity contribution in [3.63, 3.8) is 0 Å². The Kier molecular flexibility index (Phi) is 5.43. The fourth-order valence-electron chi connectivity index (χ4n) is 3.61. The number of urea groups is 2. The van der Waals surface area contributed by atoms with Crippen molar-refractivity contribution in [3.05, 3.63) is 35.4 Å². The molecule has 0 bridgehead atoms. The molecule has 0 radical (unpaired) electrons. The predicted octanol–water partition coefficient (Wildman–Crippen LogP) is 0.105. The van der Waals surface area contributed by atoms with Gasteiger partial charge in [-0.15, -0.1) is 0 Å². The lowest BCUT2D eigenvalue weighted by Crippen LogP contribution is -2.57. The molecule has 3 rings (SSSR count). The maximum absolute atomic E-state index is 12.3. The van der Waals surface area contributed by atoms with Gasteiger partial charge in [0.15, 0.2) is 0 Å². The van der Waals surface area contributed by atoms with E-state index in [2.05, 4.69) is 0 Å². The smallest absolute Gasteiger partial charge is 0.273 e. The van der Waals surface area contributed by atoms with Crippen molar-refractivity contribution < 1.29 is 28.8 Å². The van der Waals surface area contributed by atoms with E-state index in [4.69, 9.17) is 0 Å². The van der Waals surface area contributed by atoms with E-state index in [1.54, 1.807) is 24.3 Å². The van der Waals surface area contributed by atoms with Gasteiger partial charge in [-0.2, -0.15) is 0 Å². The summed E-state index contributed by atoms with van der Waals surface area (Å²) in [6, 6.07) is 5.52. The number of benzene rings is 1. The summed E-state index contributed by atoms with van der Waals surface area (Å²) in [6.07, 6.45) is 0.252. The predicted molar refractivity (Wildman–Crippen MR) is 103 cm³/mol. The summed E-state index contributed by atoms with van der Waals surface area (Å²) in [7, 11) is 5.34. The zero-order valence-corrected chi connectivity index (χ0v) is 17.1. The molecule has 0 aliphatic carbocycles. The molecule has 2 aliphatic rings. The molecule has 0 spiro atoms. The zero-order chi connectivity index (χ0) is 22.3. The van der Waals surface area contributed by atoms with E-state index in [9.17, 15) is 28.8 Å². The average molecular weight is 414 g/mol. The second-order valence-electron chi connectivity index (χ2n) is 7.48. The van der Waals surface area contributed by atoms with Crippen LogP contribution in [0.4, 0.5) is 9.59 Å². The third kappa shape index (κ3) is 3.44. The Labute approximate surface area is 173 Å². The molecule has 2 saturated heterocycles. The molecule has 8 amide bonds. The fraction of sp³-hybridized carbons (Fsp3) is 0.400. The monoisotopic (exact) mass is 414 g/mol. The van der Waals surface area contributed by atoms with Crippen molar-refractivity contribution in [2.24, 2.45) is 11.8 Å². The maximum Gasteiger partial charge on any atom is 0.332 e. The van der Waals surface area contributed by atoms with Crippen molar-refractivity contribution in [1.82, 2.24) is 19.6 Å². The van der Waals surface area contributed by atoms with Gasteiger partial charge in [-0.25, -0.2) is 9.59 Å². The topological polar surface area (TPSA) is 115 Å². The molecular weight excluding hydrogens is 392 g/mol. The lowest BCUT2D eigenvalue weighted by atomic mass is 9.92. The number of barbiturate groups is 2. The van der Waals surface area contributed by atoms with Crippen LogP contribution in [-0.4, -0.2) is 83.5 Å². The molecule has 10 heteroatoms. The maximum atomic E-state index is 12.3. The number of amides is 8. The van der Waals surface area contributed by atoms with E-state index in [1.807, 2.05) is 0 Å². The molecule has 0 atom stereocenters. The van der Waals surface area contributed by atoms with Crippen LogP contribution >= 0.6 is 0 Å². The number of rotatable bonds is 4. The van der Waals surface area contributed by atoms with Gasteiger partial charge < -0.3 is 0 Å². The molecule has 2 heterocycles. The minimum absolute atomic E-state index is 0.126. The molecule has 0 N–H and O–H groups in total. The van der Waals surface area contributed by atoms with Crippen molar-refractivity contribution in [1.29, 1.82) is 0 Å². The van der Waals surface area contributed by atoms with Gasteiger partial charge in [-0.05, 0) is 24.0 Å². The van der Waals surface area contributed by atoms with Crippen LogP contribution in [0.2, 0.25) is 0 Å². The van der Waals surface area contributed by atoms with E-state index in [0.29, 0.717) is 11.1 Å². The molecule has 2 aliphatic heterocycles. The number of carbonyl (C=O) groups excluding carboxylic acids is 6. The Balaban J connectivity index is 1.73. The largest absolute Gasteiger partial charge is 0.332 e. The fourth-order valence-corrected chi connectivity index (χ4v) is 3.61. The van der Waals surface area contributed by atoms with Gasteiger partial charge in [0.2, 0.25) is 23.6 Å². The first kappa shape index (κ1) is 21.2. The molecule has 0 aromatic heterocycles. The summed E-state index contributed by atoms with van der Waals surface area (Å²) in [6.45, 7) is 0. The van der Waals surface area contributed by atoms with Crippen LogP contribution in [0, 0.1) is 11.8 Å². The highest BCUT2D eigenvalue weighted by Gasteiger charge is 2.43. The Morgan fingerprint density at radius 1 is 0.533 bits per heavy atom. The lowest BCUT2D eigenvalue weighted by Gasteiger charge is -2.33. The summed E-state index contributed by atoms with van der Waals surface area (Å²) in [5, 5.41) is 0. The highest BCUT2D eigenvalue weighted by molar-refractivity contribution is 6.16. The van der Waals surface area contributed by atoms with Crippen LogP contribution in [0.15, 0.2) is 24.3 Å². The van der Waals surface area contributed by atoms with E-state index in [-0.39, 0.29) is 12.8 Å². The number of imide groups is 4. The Hall–Kier alpha value is -3.56. The molecule has 2 fully saturated rings. The number of nitrogens with zero attached hydrogens (tertiary/aromatic N) is 4. The normalized spacial score (nSPS) is 19.5. The first-order valence-electron chi connectivity index (χ1n) is 9.30. The molecule has 1 aromatic carbocycles. The van der Waals surface area contributed by atoms with Gasteiger partial charge >= 0.3 is 12.1 Å². The summed E-state index contributed by atoms with van der Waals surface area (Å²) in [5.41, 5.74) is 1.40. The van der Waals surface area contributed by atoms with E-state index in [1.165, 1.54) is 28.2 Å². The first-order chi connectivity index (χ1) is 14.0. The van der Waals surface area contributed by atoms with Gasteiger partial charge in [-0.1, -0.05) is 24.3 Å². The summed E-state index contributed by atoms with van der Waals surface area (Å²) in [4.78, 5) is 76.7. The highest BCUT2D eigenvalue weighted by Crippen LogP contribution is 2.23. The van der Waals surface area contributed by atoms with E-state index < -0.39 is 47.5 Å². The van der Waals surface area contributed by atoms with Gasteiger partial charge in [-0.3, -0.25) is 38.8 Å². The quantitative estimate of drug-likeness (QED) is 0.646. The molecule has 10 nitrogen and oxygen atoms in total. The summed E-state index contributed by atoms with van der Waals surface area (Å²) >= 11 is 0. The summed E-state index contributed by atoms with van der Waals surface area (Å²) < 4.78 is 0. The molecule has 0 unspecified atom stereocenters. The number of hydrogen-bond donors (Lipinski definition) is 0. The number of hydrogen-bond acceptors (Lipinski definition) is 6. The Morgan fingerprint density at radius 2 is 0.767 bits per heavy atom. The summed E-state index contributed by atoms with van der Waals surface area (Å²) in [5.74, 6) is -4.19. The van der Waals surface area contributed by atoms with Gasteiger partial charge in [0.25, 0.3) is 0 Å². The van der Waals surface area contributed by atoms with Crippen LogP contribution in [0.1, 0.15) is 11.1 Å². The van der Waals surface area contributed by atoms with Crippen molar-refractivity contribution >= 4 is 35.7 Å². The van der Waals surface area contributed by atoms with Gasteiger partial charge in [0.05, 0.1) is 0 Å². The van der Waals surface area contributed by atoms with Crippen molar-refractivity contribution in [2.45, 2.75) is 12.8 Å². The van der Waals surface area contributed by atoms with Crippen molar-refractivity contribution in [2.75, 3.05) is 28.2 Å². The van der Waals surface area contributed by atoms with Crippen molar-refractivity contribution in [3.8, 4) is 0 Å². The first-order valence-corrected chi connectivity index (χ1v) is 9.30. The molecule has 0 saturated carbocycles. The minimum Gasteiger partial charge on any atom is -0.273 e. The van der Waals surface area contributed by atoms with E-state index >= 15 is 0 Å². The van der Waals surface area contributed by atoms with Crippen LogP contribution < -0.4 is 0 Å². The SMILES string of the molecule is CN1C(=O)C(Cc2ccc(CC3C(=O)N(C)C(=O)N(C)C3=O)cc2)C(=O)N(C)C1=O. The van der Waals surface area contributed by atoms with Crippen LogP contribution in [-0.2, 0) is 32.0 Å². The molecule has 1 aromatic rings. The standard InChI is InChI=1S/C20H22N4O6/c1-21-15(25)13(16(26)22(2)19(21)29)9-11-5-7-12(8-6-11)10-14-17(27)23(3)20(30)24(4)18(14)28/h5-8,13-14H,9-10H2,1-4H3. The second kappa shape index (κ2) is 7.69. The second-order valence-corrected chi connectivity index (χ2v) is 7.48. The molecule has 158 valence electrons. The van der Waals surface area contributed by atoms with Crippen LogP contribution in [0.25, 0.3) is 0 Å². The number of carbonyl (C=O) groups is 6. The van der Waals surface area contributed by atoms with Gasteiger partial charge in [0, 0.05) is 28.2 Å². The third-order valence-corrected chi connectivity index (χ3v) is 5.57. The zero-order valence-electron chi connectivity index (χ0n) is 17.1. The third-order valence-electron chi connectivity index (χ3n) is 5.57. The van der Waals surface area contributed by atoms with Gasteiger partial charge in [0.1, 0.15) is 11.8 Å². The average Bonchev–Trinajstić information content (AvgIpc) is 2.75. The van der Waals surface area contributed by atoms with E-state index in [0.717, 1.165) is 19.6 Å². The molecule has 30 heavy (non-hydrogen) atoms. The molecular formula is C20H22N4O6. The van der Waals surface area contributed by atoms with Crippen LogP contribution in [0.5, 0.6) is 0 Å². The highest BCUT2D eigenvalue weighted by atomic mass is 16.2. The Bertz CT molecular complexity index is 832. The Morgan fingerprint density at radius 3 is 1.00 bits per heavy atom. The van der Waals surface area contributed by atoms with Crippen LogP contribution in [0.3, 0.4) is 0 Å². The lowest BCUT2D eigenvalue weighted by molar-refractivity contribution is -0.149.